The number of halogens is 1. The van der Waals surface area contributed by atoms with Gasteiger partial charge in [-0.1, -0.05) is 23.7 Å². The largest absolute Gasteiger partial charge is 0.387 e. The molecule has 2 atom stereocenters. The van der Waals surface area contributed by atoms with Crippen LogP contribution in [0.3, 0.4) is 0 Å². The van der Waals surface area contributed by atoms with Crippen molar-refractivity contribution in [1.82, 2.24) is 19.7 Å². The van der Waals surface area contributed by atoms with Crippen molar-refractivity contribution in [3.8, 4) is 0 Å². The van der Waals surface area contributed by atoms with Gasteiger partial charge in [0.1, 0.15) is 12.4 Å². The molecule has 1 aromatic heterocycles. The second-order valence-electron chi connectivity index (χ2n) is 5.49. The Hall–Kier alpha value is -1.47. The number of nitrogens with zero attached hydrogens (tertiary/aromatic N) is 4. The van der Waals surface area contributed by atoms with Crippen LogP contribution in [0.25, 0.3) is 0 Å². The molecular weight excluding hydrogens is 304 g/mol. The molecule has 22 heavy (non-hydrogen) atoms. The number of ether oxygens (including phenoxy) is 1. The van der Waals surface area contributed by atoms with Crippen LogP contribution in [0.1, 0.15) is 23.6 Å². The number of rotatable bonds is 4. The predicted octanol–water partition coefficient (Wildman–Crippen LogP) is 1.58. The quantitative estimate of drug-likeness (QED) is 0.926. The highest BCUT2D eigenvalue weighted by Crippen LogP contribution is 2.23. The van der Waals surface area contributed by atoms with Crippen LogP contribution in [-0.4, -0.2) is 51.0 Å². The van der Waals surface area contributed by atoms with Crippen molar-refractivity contribution < 1.29 is 9.84 Å². The average molecular weight is 323 g/mol. The third-order valence-corrected chi connectivity index (χ3v) is 4.08. The van der Waals surface area contributed by atoms with E-state index in [4.69, 9.17) is 16.3 Å². The van der Waals surface area contributed by atoms with Gasteiger partial charge in [0.25, 0.3) is 0 Å². The maximum Gasteiger partial charge on any atom is 0.163 e. The number of hydrogen-bond acceptors (Lipinski definition) is 5. The molecule has 2 aromatic rings. The lowest BCUT2D eigenvalue weighted by Crippen LogP contribution is -2.41. The normalized spacial score (nSPS) is 21.0. The number of aryl methyl sites for hydroxylation is 1. The van der Waals surface area contributed by atoms with Crippen LogP contribution in [0.15, 0.2) is 30.6 Å². The SMILES string of the molecule is Cn1cnnc1[C@@H]1CN(C[C@@H](O)c2cccc(Cl)c2)CCO1. The highest BCUT2D eigenvalue weighted by atomic mass is 35.5. The van der Waals surface area contributed by atoms with E-state index in [1.54, 1.807) is 18.5 Å². The number of β-amino-alcohol motifs (C(OH)–C–C–N with tert-alkyl or cyclic N) is 1. The first kappa shape index (κ1) is 15.4. The van der Waals surface area contributed by atoms with Crippen LogP contribution in [0.2, 0.25) is 5.02 Å². The van der Waals surface area contributed by atoms with Crippen molar-refractivity contribution in [2.75, 3.05) is 26.2 Å². The lowest BCUT2D eigenvalue weighted by atomic mass is 10.1. The second kappa shape index (κ2) is 6.75. The molecule has 3 rings (SSSR count). The molecule has 0 amide bonds. The lowest BCUT2D eigenvalue weighted by molar-refractivity contribution is -0.0474. The first-order valence-electron chi connectivity index (χ1n) is 7.25. The molecule has 1 N–H and O–H groups in total. The van der Waals surface area contributed by atoms with Gasteiger partial charge in [0.15, 0.2) is 5.82 Å². The van der Waals surface area contributed by atoms with Crippen LogP contribution in [0.5, 0.6) is 0 Å². The summed E-state index contributed by atoms with van der Waals surface area (Å²) >= 11 is 5.98. The number of benzene rings is 1. The Balaban J connectivity index is 1.64. The highest BCUT2D eigenvalue weighted by molar-refractivity contribution is 6.30. The number of aromatic nitrogens is 3. The lowest BCUT2D eigenvalue weighted by Gasteiger charge is -2.33. The van der Waals surface area contributed by atoms with Gasteiger partial charge in [0.05, 0.1) is 12.7 Å². The number of aliphatic hydroxyl groups excluding tert-OH is 1. The third kappa shape index (κ3) is 3.47. The Morgan fingerprint density at radius 2 is 2.36 bits per heavy atom. The maximum absolute atomic E-state index is 10.4. The first-order valence-corrected chi connectivity index (χ1v) is 7.62. The summed E-state index contributed by atoms with van der Waals surface area (Å²) in [7, 11) is 1.90. The fourth-order valence-corrected chi connectivity index (χ4v) is 2.87. The zero-order valence-electron chi connectivity index (χ0n) is 12.4. The zero-order valence-corrected chi connectivity index (χ0v) is 13.1. The van der Waals surface area contributed by atoms with E-state index in [1.807, 2.05) is 23.7 Å². The highest BCUT2D eigenvalue weighted by Gasteiger charge is 2.26. The summed E-state index contributed by atoms with van der Waals surface area (Å²) in [6, 6.07) is 7.34. The molecule has 0 bridgehead atoms. The monoisotopic (exact) mass is 322 g/mol. The molecule has 0 spiro atoms. The van der Waals surface area contributed by atoms with Gasteiger partial charge in [-0.2, -0.15) is 0 Å². The fraction of sp³-hybridized carbons (Fsp3) is 0.467. The number of hydrogen-bond donors (Lipinski definition) is 1. The molecule has 0 saturated carbocycles. The Morgan fingerprint density at radius 3 is 3.09 bits per heavy atom. The molecule has 0 aliphatic carbocycles. The Labute approximate surface area is 134 Å². The summed E-state index contributed by atoms with van der Waals surface area (Å²) < 4.78 is 7.63. The first-order chi connectivity index (χ1) is 10.6. The van der Waals surface area contributed by atoms with Crippen LogP contribution < -0.4 is 0 Å². The Morgan fingerprint density at radius 1 is 1.50 bits per heavy atom. The molecule has 6 nitrogen and oxygen atoms in total. The topological polar surface area (TPSA) is 63.4 Å². The summed E-state index contributed by atoms with van der Waals surface area (Å²) in [4.78, 5) is 2.18. The molecule has 1 aromatic carbocycles. The van der Waals surface area contributed by atoms with Gasteiger partial charge in [-0.3, -0.25) is 4.90 Å². The van der Waals surface area contributed by atoms with Crippen LogP contribution in [-0.2, 0) is 11.8 Å². The predicted molar refractivity (Wildman–Crippen MR) is 82.5 cm³/mol. The van der Waals surface area contributed by atoms with Crippen molar-refractivity contribution in [2.45, 2.75) is 12.2 Å². The fourth-order valence-electron chi connectivity index (χ4n) is 2.67. The summed E-state index contributed by atoms with van der Waals surface area (Å²) in [6.45, 7) is 2.62. The van der Waals surface area contributed by atoms with Gasteiger partial charge in [-0.15, -0.1) is 10.2 Å². The van der Waals surface area contributed by atoms with E-state index in [2.05, 4.69) is 15.1 Å². The minimum atomic E-state index is -0.572. The second-order valence-corrected chi connectivity index (χ2v) is 5.93. The minimum Gasteiger partial charge on any atom is -0.387 e. The average Bonchev–Trinajstić information content (AvgIpc) is 2.94. The van der Waals surface area contributed by atoms with Crippen LogP contribution in [0, 0.1) is 0 Å². The molecule has 1 saturated heterocycles. The summed E-state index contributed by atoms with van der Waals surface area (Å²) in [6.07, 6.45) is 0.975. The van der Waals surface area contributed by atoms with Gasteiger partial charge in [0.2, 0.25) is 0 Å². The molecule has 0 radical (unpaired) electrons. The third-order valence-electron chi connectivity index (χ3n) is 3.85. The standard InChI is InChI=1S/C15H19ClN4O2/c1-19-10-17-18-15(19)14-9-20(5-6-22-14)8-13(21)11-3-2-4-12(16)7-11/h2-4,7,10,13-14,21H,5-6,8-9H2,1H3/t13-,14+/m1/s1. The minimum absolute atomic E-state index is 0.118. The van der Waals surface area contributed by atoms with Crippen LogP contribution >= 0.6 is 11.6 Å². The van der Waals surface area contributed by atoms with Gasteiger partial charge in [-0.25, -0.2) is 0 Å². The van der Waals surface area contributed by atoms with E-state index in [1.165, 1.54) is 0 Å². The molecular formula is C15H19ClN4O2. The summed E-state index contributed by atoms with van der Waals surface area (Å²) in [5.74, 6) is 0.807. The van der Waals surface area contributed by atoms with E-state index in [0.29, 0.717) is 24.7 Å². The van der Waals surface area contributed by atoms with Crippen molar-refractivity contribution in [1.29, 1.82) is 0 Å². The van der Waals surface area contributed by atoms with Crippen molar-refractivity contribution >= 4 is 11.6 Å². The van der Waals surface area contributed by atoms with Crippen LogP contribution in [0.4, 0.5) is 0 Å². The van der Waals surface area contributed by atoms with E-state index in [-0.39, 0.29) is 6.10 Å². The van der Waals surface area contributed by atoms with Crippen molar-refractivity contribution in [3.63, 3.8) is 0 Å². The smallest absolute Gasteiger partial charge is 0.163 e. The zero-order chi connectivity index (χ0) is 15.5. The number of morpholine rings is 1. The van der Waals surface area contributed by atoms with Crippen molar-refractivity contribution in [3.05, 3.63) is 47.0 Å². The molecule has 7 heteroatoms. The molecule has 0 unspecified atom stereocenters. The molecule has 1 fully saturated rings. The Bertz CT molecular complexity index is 634. The molecule has 118 valence electrons. The van der Waals surface area contributed by atoms with E-state index >= 15 is 0 Å². The number of aliphatic hydroxyl groups is 1. The van der Waals surface area contributed by atoms with Crippen molar-refractivity contribution in [2.24, 2.45) is 7.05 Å². The van der Waals surface area contributed by atoms with Gasteiger partial charge < -0.3 is 14.4 Å². The van der Waals surface area contributed by atoms with E-state index in [0.717, 1.165) is 17.9 Å². The molecule has 2 heterocycles. The van der Waals surface area contributed by atoms with Gasteiger partial charge in [0, 0.05) is 31.7 Å². The maximum atomic E-state index is 10.4. The van der Waals surface area contributed by atoms with Gasteiger partial charge >= 0.3 is 0 Å². The molecule has 1 aliphatic rings. The van der Waals surface area contributed by atoms with Gasteiger partial charge in [-0.05, 0) is 17.7 Å². The Kier molecular flexibility index (Phi) is 4.73. The summed E-state index contributed by atoms with van der Waals surface area (Å²) in [5.41, 5.74) is 0.828. The van der Waals surface area contributed by atoms with E-state index < -0.39 is 6.10 Å². The van der Waals surface area contributed by atoms with E-state index in [9.17, 15) is 5.11 Å². The summed E-state index contributed by atoms with van der Waals surface area (Å²) in [5, 5.41) is 19.0. The molecule has 1 aliphatic heterocycles.